The molecule has 1 rings (SSSR count). The van der Waals surface area contributed by atoms with Gasteiger partial charge in [0.15, 0.2) is 0 Å². The van der Waals surface area contributed by atoms with Crippen LogP contribution in [0.3, 0.4) is 0 Å². The number of amides is 1. The van der Waals surface area contributed by atoms with E-state index in [1.807, 2.05) is 38.1 Å². The van der Waals surface area contributed by atoms with Crippen molar-refractivity contribution in [1.82, 2.24) is 5.32 Å². The molecule has 1 N–H and O–H groups in total. The first-order valence-corrected chi connectivity index (χ1v) is 7.77. The van der Waals surface area contributed by atoms with Gasteiger partial charge in [-0.15, -0.1) is 0 Å². The molecule has 0 bridgehead atoms. The molecule has 0 saturated carbocycles. The molecular weight excluding hydrogens is 302 g/mol. The lowest BCUT2D eigenvalue weighted by Crippen LogP contribution is -2.44. The van der Waals surface area contributed by atoms with E-state index in [1.54, 1.807) is 0 Å². The summed E-state index contributed by atoms with van der Waals surface area (Å²) in [6, 6.07) is 7.84. The largest absolute Gasteiger partial charge is 0.347 e. The van der Waals surface area contributed by atoms with Gasteiger partial charge in [-0.1, -0.05) is 54.9 Å². The van der Waals surface area contributed by atoms with E-state index in [4.69, 9.17) is 0 Å². The van der Waals surface area contributed by atoms with Crippen LogP contribution in [0.5, 0.6) is 0 Å². The molecule has 19 heavy (non-hydrogen) atoms. The van der Waals surface area contributed by atoms with Gasteiger partial charge in [0.25, 0.3) is 5.91 Å². The maximum Gasteiger partial charge on any atom is 0.251 e. The van der Waals surface area contributed by atoms with Crippen LogP contribution < -0.4 is 5.32 Å². The number of hydrogen-bond acceptors (Lipinski definition) is 1. The minimum absolute atomic E-state index is 0.0106. The highest BCUT2D eigenvalue weighted by atomic mass is 79.9. The Morgan fingerprint density at radius 2 is 1.74 bits per heavy atom. The Morgan fingerprint density at radius 1 is 1.16 bits per heavy atom. The second kappa shape index (κ2) is 6.08. The molecule has 0 unspecified atom stereocenters. The lowest BCUT2D eigenvalue weighted by Gasteiger charge is -2.28. The lowest BCUT2D eigenvalue weighted by molar-refractivity contribution is 0.0909. The molecule has 0 aliphatic carbocycles. The molecular formula is C16H24BrNO. The first kappa shape index (κ1) is 16.2. The fourth-order valence-electron chi connectivity index (χ4n) is 2.01. The van der Waals surface area contributed by atoms with Gasteiger partial charge in [0.05, 0.1) is 0 Å². The van der Waals surface area contributed by atoms with E-state index in [-0.39, 0.29) is 16.9 Å². The SMILES string of the molecule is CC(C)(CCBr)NC(=O)c1ccccc1C(C)(C)C. The Labute approximate surface area is 125 Å². The van der Waals surface area contributed by atoms with Crippen LogP contribution in [-0.4, -0.2) is 16.8 Å². The minimum Gasteiger partial charge on any atom is -0.347 e. The molecule has 1 aromatic carbocycles. The average Bonchev–Trinajstić information content (AvgIpc) is 2.27. The van der Waals surface area contributed by atoms with Crippen molar-refractivity contribution in [2.24, 2.45) is 0 Å². The first-order chi connectivity index (χ1) is 8.67. The summed E-state index contributed by atoms with van der Waals surface area (Å²) in [5.41, 5.74) is 1.62. The van der Waals surface area contributed by atoms with Gasteiger partial charge in [0, 0.05) is 16.4 Å². The highest BCUT2D eigenvalue weighted by Gasteiger charge is 2.25. The Balaban J connectivity index is 3.01. The van der Waals surface area contributed by atoms with Crippen LogP contribution in [0.2, 0.25) is 0 Å². The summed E-state index contributed by atoms with van der Waals surface area (Å²) in [5.74, 6) is 0.0106. The van der Waals surface area contributed by atoms with E-state index < -0.39 is 0 Å². The van der Waals surface area contributed by atoms with Crippen molar-refractivity contribution in [3.63, 3.8) is 0 Å². The first-order valence-electron chi connectivity index (χ1n) is 6.65. The van der Waals surface area contributed by atoms with Gasteiger partial charge in [-0.25, -0.2) is 0 Å². The number of hydrogen-bond donors (Lipinski definition) is 1. The topological polar surface area (TPSA) is 29.1 Å². The molecule has 0 heterocycles. The predicted octanol–water partition coefficient (Wildman–Crippen LogP) is 4.28. The minimum atomic E-state index is -0.203. The second-order valence-electron chi connectivity index (χ2n) is 6.57. The number of carbonyl (C=O) groups excluding carboxylic acids is 1. The van der Waals surface area contributed by atoms with E-state index in [1.165, 1.54) is 0 Å². The van der Waals surface area contributed by atoms with Crippen LogP contribution in [-0.2, 0) is 5.41 Å². The highest BCUT2D eigenvalue weighted by molar-refractivity contribution is 9.09. The maximum absolute atomic E-state index is 12.5. The third kappa shape index (κ3) is 4.64. The fourth-order valence-corrected chi connectivity index (χ4v) is 3.00. The van der Waals surface area contributed by atoms with Crippen LogP contribution in [0.25, 0.3) is 0 Å². The van der Waals surface area contributed by atoms with Crippen molar-refractivity contribution >= 4 is 21.8 Å². The number of halogens is 1. The highest BCUT2D eigenvalue weighted by Crippen LogP contribution is 2.26. The van der Waals surface area contributed by atoms with Crippen molar-refractivity contribution in [3.8, 4) is 0 Å². The third-order valence-electron chi connectivity index (χ3n) is 3.15. The zero-order chi connectivity index (χ0) is 14.7. The molecule has 3 heteroatoms. The summed E-state index contributed by atoms with van der Waals surface area (Å²) in [6.45, 7) is 10.5. The zero-order valence-corrected chi connectivity index (χ0v) is 14.1. The van der Waals surface area contributed by atoms with Crippen molar-refractivity contribution in [2.45, 2.75) is 52.0 Å². The van der Waals surface area contributed by atoms with Crippen LogP contribution in [0.4, 0.5) is 0 Å². The summed E-state index contributed by atoms with van der Waals surface area (Å²) in [4.78, 5) is 12.5. The molecule has 0 aromatic heterocycles. The lowest BCUT2D eigenvalue weighted by atomic mass is 9.83. The molecule has 106 valence electrons. The van der Waals surface area contributed by atoms with E-state index in [0.29, 0.717) is 0 Å². The number of alkyl halides is 1. The Bertz CT molecular complexity index is 446. The van der Waals surface area contributed by atoms with Crippen LogP contribution >= 0.6 is 15.9 Å². The zero-order valence-electron chi connectivity index (χ0n) is 12.5. The van der Waals surface area contributed by atoms with Crippen molar-refractivity contribution in [2.75, 3.05) is 5.33 Å². The van der Waals surface area contributed by atoms with E-state index in [2.05, 4.69) is 42.0 Å². The smallest absolute Gasteiger partial charge is 0.251 e. The second-order valence-corrected chi connectivity index (χ2v) is 7.37. The van der Waals surface area contributed by atoms with Crippen molar-refractivity contribution in [1.29, 1.82) is 0 Å². The van der Waals surface area contributed by atoms with E-state index in [9.17, 15) is 4.79 Å². The normalized spacial score (nSPS) is 12.3. The summed E-state index contributed by atoms with van der Waals surface area (Å²) in [6.07, 6.45) is 0.899. The van der Waals surface area contributed by atoms with Gasteiger partial charge >= 0.3 is 0 Å². The predicted molar refractivity (Wildman–Crippen MR) is 85.1 cm³/mol. The molecule has 0 radical (unpaired) electrons. The van der Waals surface area contributed by atoms with E-state index in [0.717, 1.165) is 22.9 Å². The summed E-state index contributed by atoms with van der Waals surface area (Å²) < 4.78 is 0. The molecule has 1 aromatic rings. The summed E-state index contributed by atoms with van der Waals surface area (Å²) in [7, 11) is 0. The number of rotatable bonds is 4. The average molecular weight is 326 g/mol. The fraction of sp³-hybridized carbons (Fsp3) is 0.562. The number of benzene rings is 1. The molecule has 1 amide bonds. The van der Waals surface area contributed by atoms with Crippen LogP contribution in [0.15, 0.2) is 24.3 Å². The van der Waals surface area contributed by atoms with Crippen molar-refractivity contribution < 1.29 is 4.79 Å². The molecule has 0 saturated heterocycles. The van der Waals surface area contributed by atoms with Crippen LogP contribution in [0, 0.1) is 0 Å². The summed E-state index contributed by atoms with van der Waals surface area (Å²) in [5, 5.41) is 3.99. The maximum atomic E-state index is 12.5. The quantitative estimate of drug-likeness (QED) is 0.822. The van der Waals surface area contributed by atoms with Crippen molar-refractivity contribution in [3.05, 3.63) is 35.4 Å². The van der Waals surface area contributed by atoms with Gasteiger partial charge in [0.2, 0.25) is 0 Å². The van der Waals surface area contributed by atoms with E-state index >= 15 is 0 Å². The molecule has 0 atom stereocenters. The molecule has 2 nitrogen and oxygen atoms in total. The van der Waals surface area contributed by atoms with Gasteiger partial charge in [-0.3, -0.25) is 4.79 Å². The monoisotopic (exact) mass is 325 g/mol. The van der Waals surface area contributed by atoms with Gasteiger partial charge in [-0.05, 0) is 37.3 Å². The Morgan fingerprint density at radius 3 is 2.26 bits per heavy atom. The van der Waals surface area contributed by atoms with Crippen LogP contribution in [0.1, 0.15) is 57.0 Å². The Kier molecular flexibility index (Phi) is 5.19. The third-order valence-corrected chi connectivity index (χ3v) is 3.55. The number of nitrogens with one attached hydrogen (secondary N) is 1. The molecule has 0 aliphatic rings. The van der Waals surface area contributed by atoms with Gasteiger partial charge < -0.3 is 5.32 Å². The Hall–Kier alpha value is -0.830. The standard InChI is InChI=1S/C16H24BrNO/c1-15(2,3)13-9-7-6-8-12(13)14(19)18-16(4,5)10-11-17/h6-9H,10-11H2,1-5H3,(H,18,19). The number of carbonyl (C=O) groups is 1. The summed E-state index contributed by atoms with van der Waals surface area (Å²) >= 11 is 3.43. The molecule has 0 aliphatic heterocycles. The molecule has 0 spiro atoms. The molecule has 0 fully saturated rings. The van der Waals surface area contributed by atoms with Gasteiger partial charge in [0.1, 0.15) is 0 Å². The van der Waals surface area contributed by atoms with Gasteiger partial charge in [-0.2, -0.15) is 0 Å².